The Balaban J connectivity index is 2.56. The van der Waals surface area contributed by atoms with Gasteiger partial charge >= 0.3 is 6.03 Å². The average Bonchev–Trinajstić information content (AvgIpc) is 2.39. The number of benzene rings is 1. The van der Waals surface area contributed by atoms with Crippen LogP contribution in [-0.2, 0) is 11.3 Å². The van der Waals surface area contributed by atoms with Gasteiger partial charge in [-0.3, -0.25) is 10.1 Å². The van der Waals surface area contributed by atoms with Crippen LogP contribution < -0.4 is 20.7 Å². The summed E-state index contributed by atoms with van der Waals surface area (Å²) in [7, 11) is 1.86. The predicted molar refractivity (Wildman–Crippen MR) is 76.5 cm³/mol. The van der Waals surface area contributed by atoms with Gasteiger partial charge in [0, 0.05) is 13.1 Å². The lowest BCUT2D eigenvalue weighted by Crippen LogP contribution is -2.45. The molecule has 0 aliphatic heterocycles. The molecule has 1 unspecified atom stereocenters. The van der Waals surface area contributed by atoms with Crippen LogP contribution in [0, 0.1) is 0 Å². The zero-order valence-electron chi connectivity index (χ0n) is 12.0. The lowest BCUT2D eigenvalue weighted by molar-refractivity contribution is -0.126. The van der Waals surface area contributed by atoms with Gasteiger partial charge in [-0.15, -0.1) is 0 Å². The van der Waals surface area contributed by atoms with Crippen LogP contribution in [-0.4, -0.2) is 31.6 Å². The minimum Gasteiger partial charge on any atom is -0.481 e. The number of hydrogen-bond acceptors (Lipinski definition) is 4. The van der Waals surface area contributed by atoms with Gasteiger partial charge in [0.05, 0.1) is 0 Å². The van der Waals surface area contributed by atoms with E-state index in [-0.39, 0.29) is 0 Å². The minimum atomic E-state index is -0.748. The van der Waals surface area contributed by atoms with Crippen molar-refractivity contribution >= 4 is 11.9 Å². The van der Waals surface area contributed by atoms with Crippen LogP contribution in [0.4, 0.5) is 4.79 Å². The Hall–Kier alpha value is -2.08. The van der Waals surface area contributed by atoms with Gasteiger partial charge in [-0.2, -0.15) is 0 Å². The normalized spacial score (nSPS) is 11.6. The maximum Gasteiger partial charge on any atom is 0.321 e. The highest BCUT2D eigenvalue weighted by atomic mass is 16.5. The number of amides is 3. The molecule has 0 bridgehead atoms. The molecule has 0 saturated heterocycles. The molecule has 3 amide bonds. The highest BCUT2D eigenvalue weighted by molar-refractivity contribution is 5.96. The third-order valence-electron chi connectivity index (χ3n) is 2.54. The van der Waals surface area contributed by atoms with E-state index < -0.39 is 18.0 Å². The molecule has 1 rings (SSSR count). The number of nitrogens with one attached hydrogen (secondary N) is 3. The second-order valence-electron chi connectivity index (χ2n) is 4.29. The Labute approximate surface area is 118 Å². The maximum absolute atomic E-state index is 11.7. The van der Waals surface area contributed by atoms with Crippen molar-refractivity contribution in [2.24, 2.45) is 0 Å². The lowest BCUT2D eigenvalue weighted by Gasteiger charge is -2.15. The van der Waals surface area contributed by atoms with Crippen molar-refractivity contribution in [3.8, 4) is 5.75 Å². The van der Waals surface area contributed by atoms with Gasteiger partial charge < -0.3 is 15.4 Å². The van der Waals surface area contributed by atoms with Gasteiger partial charge in [-0.25, -0.2) is 4.79 Å². The van der Waals surface area contributed by atoms with Gasteiger partial charge in [-0.1, -0.05) is 12.1 Å². The van der Waals surface area contributed by atoms with Gasteiger partial charge in [0.25, 0.3) is 5.91 Å². The first kappa shape index (κ1) is 16.0. The zero-order chi connectivity index (χ0) is 15.0. The number of hydrogen-bond donors (Lipinski definition) is 3. The Morgan fingerprint density at radius 2 is 2.10 bits per heavy atom. The molecule has 0 aliphatic rings. The summed E-state index contributed by atoms with van der Waals surface area (Å²) < 4.78 is 5.52. The van der Waals surface area contributed by atoms with Gasteiger partial charge in [0.2, 0.25) is 0 Å². The van der Waals surface area contributed by atoms with E-state index in [1.165, 1.54) is 0 Å². The van der Waals surface area contributed by atoms with Crippen molar-refractivity contribution in [1.29, 1.82) is 0 Å². The van der Waals surface area contributed by atoms with Crippen LogP contribution in [0.15, 0.2) is 24.3 Å². The predicted octanol–water partition coefficient (Wildman–Crippen LogP) is 1.02. The summed E-state index contributed by atoms with van der Waals surface area (Å²) in [5, 5.41) is 7.74. The fourth-order valence-corrected chi connectivity index (χ4v) is 1.61. The number of carbonyl (C=O) groups is 2. The fourth-order valence-electron chi connectivity index (χ4n) is 1.61. The zero-order valence-corrected chi connectivity index (χ0v) is 12.0. The van der Waals surface area contributed by atoms with Crippen molar-refractivity contribution in [2.75, 3.05) is 13.6 Å². The Morgan fingerprint density at radius 3 is 2.75 bits per heavy atom. The van der Waals surface area contributed by atoms with E-state index in [0.717, 1.165) is 12.1 Å². The Kier molecular flexibility index (Phi) is 6.52. The number of rotatable bonds is 6. The molecule has 0 heterocycles. The van der Waals surface area contributed by atoms with Crippen molar-refractivity contribution in [3.63, 3.8) is 0 Å². The van der Waals surface area contributed by atoms with Crippen LogP contribution in [0.2, 0.25) is 0 Å². The van der Waals surface area contributed by atoms with Crippen LogP contribution in [0.25, 0.3) is 0 Å². The first-order chi connectivity index (χ1) is 9.56. The van der Waals surface area contributed by atoms with E-state index in [4.69, 9.17) is 4.74 Å². The van der Waals surface area contributed by atoms with E-state index in [1.54, 1.807) is 19.9 Å². The third kappa shape index (κ3) is 5.27. The standard InChI is InChI=1S/C14H21N3O3/c1-4-16-14(19)17-13(18)10(2)20-12-7-5-6-11(8-12)9-15-3/h5-8,10,15H,4,9H2,1-3H3,(H2,16,17,18,19). The van der Waals surface area contributed by atoms with Crippen LogP contribution >= 0.6 is 0 Å². The number of carbonyl (C=O) groups excluding carboxylic acids is 2. The fraction of sp³-hybridized carbons (Fsp3) is 0.429. The monoisotopic (exact) mass is 279 g/mol. The molecule has 0 aromatic heterocycles. The molecular weight excluding hydrogens is 258 g/mol. The summed E-state index contributed by atoms with van der Waals surface area (Å²) in [6.07, 6.45) is -0.748. The van der Waals surface area contributed by atoms with Crippen molar-refractivity contribution in [2.45, 2.75) is 26.5 Å². The van der Waals surface area contributed by atoms with Crippen molar-refractivity contribution in [1.82, 2.24) is 16.0 Å². The van der Waals surface area contributed by atoms with Crippen LogP contribution in [0.5, 0.6) is 5.75 Å². The molecule has 0 radical (unpaired) electrons. The van der Waals surface area contributed by atoms with Crippen LogP contribution in [0.1, 0.15) is 19.4 Å². The number of urea groups is 1. The maximum atomic E-state index is 11.7. The molecule has 1 aromatic carbocycles. The molecule has 110 valence electrons. The quantitative estimate of drug-likeness (QED) is 0.726. The van der Waals surface area contributed by atoms with Gasteiger partial charge in [0.1, 0.15) is 5.75 Å². The van der Waals surface area contributed by atoms with E-state index in [0.29, 0.717) is 12.3 Å². The van der Waals surface area contributed by atoms with E-state index in [9.17, 15) is 9.59 Å². The first-order valence-corrected chi connectivity index (χ1v) is 6.55. The summed E-state index contributed by atoms with van der Waals surface area (Å²) in [6.45, 7) is 4.55. The molecule has 3 N–H and O–H groups in total. The second kappa shape index (κ2) is 8.16. The SMILES string of the molecule is CCNC(=O)NC(=O)C(C)Oc1cccc(CNC)c1. The molecule has 1 atom stereocenters. The molecule has 0 saturated carbocycles. The summed E-state index contributed by atoms with van der Waals surface area (Å²) in [5.41, 5.74) is 1.06. The average molecular weight is 279 g/mol. The minimum absolute atomic E-state index is 0.459. The number of imide groups is 1. The molecule has 6 heteroatoms. The third-order valence-corrected chi connectivity index (χ3v) is 2.54. The lowest BCUT2D eigenvalue weighted by atomic mass is 10.2. The highest BCUT2D eigenvalue weighted by Gasteiger charge is 2.17. The topological polar surface area (TPSA) is 79.5 Å². The number of ether oxygens (including phenoxy) is 1. The molecule has 0 aliphatic carbocycles. The summed E-state index contributed by atoms with van der Waals surface area (Å²) in [5.74, 6) is 0.117. The smallest absolute Gasteiger partial charge is 0.321 e. The summed E-state index contributed by atoms with van der Waals surface area (Å²) in [6, 6.07) is 6.93. The second-order valence-corrected chi connectivity index (χ2v) is 4.29. The first-order valence-electron chi connectivity index (χ1n) is 6.55. The van der Waals surface area contributed by atoms with Crippen molar-refractivity contribution in [3.05, 3.63) is 29.8 Å². The highest BCUT2D eigenvalue weighted by Crippen LogP contribution is 2.14. The molecular formula is C14H21N3O3. The molecule has 1 aromatic rings. The van der Waals surface area contributed by atoms with Crippen LogP contribution in [0.3, 0.4) is 0 Å². The molecule has 6 nitrogen and oxygen atoms in total. The van der Waals surface area contributed by atoms with E-state index >= 15 is 0 Å². The van der Waals surface area contributed by atoms with Gasteiger partial charge in [-0.05, 0) is 38.6 Å². The Bertz CT molecular complexity index is 463. The molecule has 20 heavy (non-hydrogen) atoms. The summed E-state index contributed by atoms with van der Waals surface area (Å²) in [4.78, 5) is 23.0. The molecule has 0 spiro atoms. The van der Waals surface area contributed by atoms with E-state index in [2.05, 4.69) is 16.0 Å². The van der Waals surface area contributed by atoms with Gasteiger partial charge in [0.15, 0.2) is 6.10 Å². The van der Waals surface area contributed by atoms with E-state index in [1.807, 2.05) is 25.2 Å². The molecule has 0 fully saturated rings. The largest absolute Gasteiger partial charge is 0.481 e. The Morgan fingerprint density at radius 1 is 1.35 bits per heavy atom. The summed E-state index contributed by atoms with van der Waals surface area (Å²) >= 11 is 0. The van der Waals surface area contributed by atoms with Crippen molar-refractivity contribution < 1.29 is 14.3 Å².